The highest BCUT2D eigenvalue weighted by Gasteiger charge is 2.62. The number of hydrogen-bond acceptors (Lipinski definition) is 2. The first-order valence-electron chi connectivity index (χ1n) is 7.70. The van der Waals surface area contributed by atoms with Crippen LogP contribution in [0.1, 0.15) is 43.9 Å². The van der Waals surface area contributed by atoms with Crippen LogP contribution in [0.15, 0.2) is 30.3 Å². The summed E-state index contributed by atoms with van der Waals surface area (Å²) in [7, 11) is 0. The number of aromatic nitrogens is 2. The first kappa shape index (κ1) is 14.3. The van der Waals surface area contributed by atoms with E-state index in [1.807, 2.05) is 6.07 Å². The Hall–Kier alpha value is -1.29. The Morgan fingerprint density at radius 1 is 1.27 bits per heavy atom. The van der Waals surface area contributed by atoms with Crippen LogP contribution in [0.4, 0.5) is 4.39 Å². The van der Waals surface area contributed by atoms with Crippen LogP contribution in [0, 0.1) is 11.2 Å². The van der Waals surface area contributed by atoms with E-state index in [0.29, 0.717) is 17.2 Å². The van der Waals surface area contributed by atoms with Crippen molar-refractivity contribution >= 4 is 15.9 Å². The zero-order valence-electron chi connectivity index (χ0n) is 12.7. The normalized spacial score (nSPS) is 32.3. The predicted molar refractivity (Wildman–Crippen MR) is 88.7 cm³/mol. The van der Waals surface area contributed by atoms with Gasteiger partial charge in [-0.1, -0.05) is 41.9 Å². The standard InChI is InChI=1S/C18H18BrFN2/c1-17-8-7-13(18(17,2)10-19)12-9-15(21-22-16(12)17)11-5-3-4-6-14(11)20/h3-6,9,13H,7-8,10H2,1-2H3/t13-,17?,18?/m1/s1. The SMILES string of the molecule is CC12CC[C@H](c3cc(-c4ccccc4F)nnc31)C2(C)CBr. The lowest BCUT2D eigenvalue weighted by Gasteiger charge is -2.36. The monoisotopic (exact) mass is 360 g/mol. The summed E-state index contributed by atoms with van der Waals surface area (Å²) >= 11 is 3.71. The van der Waals surface area contributed by atoms with E-state index >= 15 is 0 Å². The second-order valence-electron chi connectivity index (χ2n) is 6.99. The van der Waals surface area contributed by atoms with Crippen molar-refractivity contribution in [3.05, 3.63) is 47.4 Å². The number of rotatable bonds is 2. The highest BCUT2D eigenvalue weighted by molar-refractivity contribution is 9.09. The molecule has 0 N–H and O–H groups in total. The first-order chi connectivity index (χ1) is 10.5. The van der Waals surface area contributed by atoms with E-state index in [9.17, 15) is 4.39 Å². The number of benzene rings is 1. The zero-order chi connectivity index (χ0) is 15.5. The van der Waals surface area contributed by atoms with Gasteiger partial charge in [-0.25, -0.2) is 4.39 Å². The molecule has 0 aliphatic heterocycles. The van der Waals surface area contributed by atoms with Crippen LogP contribution in [0.3, 0.4) is 0 Å². The maximum Gasteiger partial charge on any atom is 0.132 e. The summed E-state index contributed by atoms with van der Waals surface area (Å²) < 4.78 is 14.0. The molecule has 0 radical (unpaired) electrons. The Balaban J connectivity index is 1.88. The van der Waals surface area contributed by atoms with Gasteiger partial charge < -0.3 is 0 Å². The lowest BCUT2D eigenvalue weighted by atomic mass is 9.70. The van der Waals surface area contributed by atoms with Crippen LogP contribution in [-0.4, -0.2) is 15.5 Å². The van der Waals surface area contributed by atoms with Crippen molar-refractivity contribution in [3.63, 3.8) is 0 Å². The molecule has 1 aromatic heterocycles. The van der Waals surface area contributed by atoms with Gasteiger partial charge in [-0.2, -0.15) is 10.2 Å². The maximum atomic E-state index is 14.0. The largest absolute Gasteiger partial charge is 0.206 e. The van der Waals surface area contributed by atoms with Crippen molar-refractivity contribution < 1.29 is 4.39 Å². The molecule has 3 atom stereocenters. The van der Waals surface area contributed by atoms with Crippen molar-refractivity contribution in [2.75, 3.05) is 5.33 Å². The molecule has 0 spiro atoms. The van der Waals surface area contributed by atoms with Crippen LogP contribution < -0.4 is 0 Å². The molecule has 114 valence electrons. The second kappa shape index (κ2) is 4.60. The van der Waals surface area contributed by atoms with E-state index < -0.39 is 0 Å². The molecule has 0 amide bonds. The van der Waals surface area contributed by atoms with E-state index in [0.717, 1.165) is 17.4 Å². The molecule has 1 heterocycles. The summed E-state index contributed by atoms with van der Waals surface area (Å²) in [5.41, 5.74) is 3.79. The Morgan fingerprint density at radius 3 is 2.77 bits per heavy atom. The van der Waals surface area contributed by atoms with Crippen molar-refractivity contribution in [2.45, 2.75) is 38.0 Å². The Labute approximate surface area is 138 Å². The van der Waals surface area contributed by atoms with Gasteiger partial charge in [0.25, 0.3) is 0 Å². The van der Waals surface area contributed by atoms with Gasteiger partial charge in [0.05, 0.1) is 11.4 Å². The Kier molecular flexibility index (Phi) is 3.00. The van der Waals surface area contributed by atoms with Crippen LogP contribution in [-0.2, 0) is 5.41 Å². The van der Waals surface area contributed by atoms with Gasteiger partial charge in [0.2, 0.25) is 0 Å². The summed E-state index contributed by atoms with van der Waals surface area (Å²) in [4.78, 5) is 0. The van der Waals surface area contributed by atoms with E-state index in [4.69, 9.17) is 0 Å². The summed E-state index contributed by atoms with van der Waals surface area (Å²) in [5.74, 6) is 0.238. The summed E-state index contributed by atoms with van der Waals surface area (Å²) in [6.07, 6.45) is 2.33. The fourth-order valence-corrected chi connectivity index (χ4v) is 5.46. The summed E-state index contributed by atoms with van der Waals surface area (Å²) in [5, 5.41) is 9.83. The van der Waals surface area contributed by atoms with E-state index in [-0.39, 0.29) is 16.6 Å². The number of hydrogen-bond donors (Lipinski definition) is 0. The molecule has 22 heavy (non-hydrogen) atoms. The third-order valence-corrected chi connectivity index (χ3v) is 7.28. The highest BCUT2D eigenvalue weighted by Crippen LogP contribution is 2.67. The quantitative estimate of drug-likeness (QED) is 0.716. The Morgan fingerprint density at radius 2 is 2.05 bits per heavy atom. The minimum atomic E-state index is -0.241. The molecule has 2 aliphatic carbocycles. The molecule has 1 saturated carbocycles. The van der Waals surface area contributed by atoms with Gasteiger partial charge in [-0.05, 0) is 47.9 Å². The molecule has 2 aliphatic rings. The van der Waals surface area contributed by atoms with Crippen LogP contribution in [0.2, 0.25) is 0 Å². The van der Waals surface area contributed by atoms with E-state index in [1.54, 1.807) is 12.1 Å². The van der Waals surface area contributed by atoms with Crippen molar-refractivity contribution in [2.24, 2.45) is 5.41 Å². The fraction of sp³-hybridized carbons (Fsp3) is 0.444. The van der Waals surface area contributed by atoms with Gasteiger partial charge in [0, 0.05) is 16.3 Å². The number of halogens is 2. The summed E-state index contributed by atoms with van der Waals surface area (Å²) in [6.45, 7) is 4.64. The number of fused-ring (bicyclic) bond motifs is 5. The van der Waals surface area contributed by atoms with Gasteiger partial charge in [0.15, 0.2) is 0 Å². The number of nitrogens with zero attached hydrogens (tertiary/aromatic N) is 2. The second-order valence-corrected chi connectivity index (χ2v) is 7.55. The smallest absolute Gasteiger partial charge is 0.132 e. The molecule has 2 bridgehead atoms. The number of alkyl halides is 1. The minimum absolute atomic E-state index is 0.0667. The maximum absolute atomic E-state index is 14.0. The van der Waals surface area contributed by atoms with Gasteiger partial charge >= 0.3 is 0 Å². The summed E-state index contributed by atoms with van der Waals surface area (Å²) in [6, 6.07) is 8.84. The average molecular weight is 361 g/mol. The molecule has 2 nitrogen and oxygen atoms in total. The molecule has 4 rings (SSSR count). The first-order valence-corrected chi connectivity index (χ1v) is 8.82. The minimum Gasteiger partial charge on any atom is -0.206 e. The third-order valence-electron chi connectivity index (χ3n) is 6.11. The molecule has 0 saturated heterocycles. The van der Waals surface area contributed by atoms with Gasteiger partial charge in [-0.15, -0.1) is 0 Å². The van der Waals surface area contributed by atoms with Crippen LogP contribution in [0.5, 0.6) is 0 Å². The topological polar surface area (TPSA) is 25.8 Å². The van der Waals surface area contributed by atoms with Gasteiger partial charge in [-0.3, -0.25) is 0 Å². The molecule has 1 aromatic carbocycles. The third kappa shape index (κ3) is 1.59. The van der Waals surface area contributed by atoms with Crippen molar-refractivity contribution in [3.8, 4) is 11.3 Å². The molecule has 4 heteroatoms. The molecule has 2 unspecified atom stereocenters. The van der Waals surface area contributed by atoms with Crippen LogP contribution >= 0.6 is 15.9 Å². The molecule has 1 fully saturated rings. The zero-order valence-corrected chi connectivity index (χ0v) is 14.3. The Bertz CT molecular complexity index is 763. The lowest BCUT2D eigenvalue weighted by molar-refractivity contribution is 0.235. The highest BCUT2D eigenvalue weighted by atomic mass is 79.9. The lowest BCUT2D eigenvalue weighted by Crippen LogP contribution is -2.36. The van der Waals surface area contributed by atoms with E-state index in [1.165, 1.54) is 18.1 Å². The molecular formula is C18H18BrFN2. The van der Waals surface area contributed by atoms with Gasteiger partial charge in [0.1, 0.15) is 5.82 Å². The molecular weight excluding hydrogens is 343 g/mol. The molecule has 2 aromatic rings. The fourth-order valence-electron chi connectivity index (χ4n) is 4.45. The predicted octanol–water partition coefficient (Wildman–Crippen LogP) is 4.83. The van der Waals surface area contributed by atoms with Crippen LogP contribution in [0.25, 0.3) is 11.3 Å². The van der Waals surface area contributed by atoms with Crippen molar-refractivity contribution in [1.82, 2.24) is 10.2 Å². The van der Waals surface area contributed by atoms with Crippen molar-refractivity contribution in [1.29, 1.82) is 0 Å². The van der Waals surface area contributed by atoms with E-state index in [2.05, 4.69) is 46.0 Å². The average Bonchev–Trinajstić information content (AvgIpc) is 2.90.